The minimum Gasteiger partial charge on any atom is -0.350 e. The average molecular weight is 767 g/mol. The first-order valence-corrected chi connectivity index (χ1v) is 21.0. The Morgan fingerprint density at radius 1 is 0.491 bits per heavy atom. The molecule has 1 aliphatic rings. The van der Waals surface area contributed by atoms with Crippen molar-refractivity contribution in [2.75, 3.05) is 0 Å². The summed E-state index contributed by atoms with van der Waals surface area (Å²) in [6.07, 6.45) is -0.329. The standard InChI is InChI=1S/C51H34N4S2/c1-3-13-31(14-4-1)49-52-50(32-15-5-2-6-16-32)54-51(53-49)41-21-12-24-44-47(41)40-20-11-19-35(48(40)57-44)33-25-27-38-39-28-26-34(30-46(39)56-45(38)29-33)55-42-22-9-7-17-36(42)37-18-8-10-23-43(37)55/h1-30,49,51,53H,(H,52,54). The Labute approximate surface area is 337 Å². The van der Waals surface area contributed by atoms with Crippen LogP contribution in [0, 0.1) is 0 Å². The molecular weight excluding hydrogens is 733 g/mol. The lowest BCUT2D eigenvalue weighted by molar-refractivity contribution is 0.411. The van der Waals surface area contributed by atoms with E-state index in [0.717, 1.165) is 17.0 Å². The molecule has 1 aliphatic heterocycles. The van der Waals surface area contributed by atoms with Crippen LogP contribution >= 0.6 is 22.7 Å². The van der Waals surface area contributed by atoms with Gasteiger partial charge in [-0.25, -0.2) is 4.99 Å². The highest BCUT2D eigenvalue weighted by Gasteiger charge is 2.28. The quantitative estimate of drug-likeness (QED) is 0.183. The molecule has 8 aromatic carbocycles. The van der Waals surface area contributed by atoms with E-state index in [4.69, 9.17) is 4.99 Å². The monoisotopic (exact) mass is 766 g/mol. The molecule has 3 aromatic heterocycles. The van der Waals surface area contributed by atoms with Gasteiger partial charge in [0.15, 0.2) is 0 Å². The predicted molar refractivity (Wildman–Crippen MR) is 243 cm³/mol. The number of benzene rings is 8. The lowest BCUT2D eigenvalue weighted by Gasteiger charge is -2.32. The van der Waals surface area contributed by atoms with Gasteiger partial charge in [0.05, 0.1) is 11.0 Å². The van der Waals surface area contributed by atoms with E-state index in [9.17, 15) is 0 Å². The summed E-state index contributed by atoms with van der Waals surface area (Å²) in [5, 5.41) is 15.4. The van der Waals surface area contributed by atoms with E-state index in [1.54, 1.807) is 0 Å². The molecule has 2 unspecified atom stereocenters. The van der Waals surface area contributed by atoms with Crippen LogP contribution in [0.5, 0.6) is 0 Å². The molecule has 0 amide bonds. The fraction of sp³-hybridized carbons (Fsp3) is 0.0392. The third kappa shape index (κ3) is 5.26. The van der Waals surface area contributed by atoms with E-state index in [2.05, 4.69) is 197 Å². The number of aromatic nitrogens is 1. The highest BCUT2D eigenvalue weighted by Crippen LogP contribution is 2.45. The second kappa shape index (κ2) is 13.0. The van der Waals surface area contributed by atoms with Crippen LogP contribution in [0.1, 0.15) is 29.0 Å². The molecule has 2 atom stereocenters. The molecule has 0 bridgehead atoms. The van der Waals surface area contributed by atoms with E-state index in [1.807, 2.05) is 22.7 Å². The number of para-hydroxylation sites is 2. The summed E-state index contributed by atoms with van der Waals surface area (Å²) in [4.78, 5) is 5.16. The van der Waals surface area contributed by atoms with Crippen molar-refractivity contribution in [1.82, 2.24) is 15.2 Å². The van der Waals surface area contributed by atoms with E-state index in [0.29, 0.717) is 0 Å². The van der Waals surface area contributed by atoms with Crippen molar-refractivity contribution in [2.45, 2.75) is 12.3 Å². The van der Waals surface area contributed by atoms with Crippen LogP contribution in [0.15, 0.2) is 187 Å². The minimum absolute atomic E-state index is 0.143. The first-order valence-electron chi connectivity index (χ1n) is 19.4. The van der Waals surface area contributed by atoms with Gasteiger partial charge < -0.3 is 9.88 Å². The van der Waals surface area contributed by atoms with Gasteiger partial charge in [-0.1, -0.05) is 146 Å². The van der Waals surface area contributed by atoms with Gasteiger partial charge in [0.1, 0.15) is 18.2 Å². The van der Waals surface area contributed by atoms with Crippen molar-refractivity contribution in [2.24, 2.45) is 4.99 Å². The smallest absolute Gasteiger partial charge is 0.131 e. The van der Waals surface area contributed by atoms with Crippen LogP contribution in [0.3, 0.4) is 0 Å². The Balaban J connectivity index is 0.956. The van der Waals surface area contributed by atoms with Gasteiger partial charge in [0.2, 0.25) is 0 Å². The van der Waals surface area contributed by atoms with Crippen LogP contribution in [0.25, 0.3) is 79.0 Å². The second-order valence-electron chi connectivity index (χ2n) is 14.8. The molecule has 57 heavy (non-hydrogen) atoms. The highest BCUT2D eigenvalue weighted by molar-refractivity contribution is 7.26. The summed E-state index contributed by atoms with van der Waals surface area (Å²) in [5.41, 5.74) is 9.61. The van der Waals surface area contributed by atoms with Crippen molar-refractivity contribution in [3.63, 3.8) is 0 Å². The molecule has 0 radical (unpaired) electrons. The molecule has 4 heterocycles. The summed E-state index contributed by atoms with van der Waals surface area (Å²) >= 11 is 3.77. The molecule has 6 heteroatoms. The lowest BCUT2D eigenvalue weighted by Crippen LogP contribution is -2.45. The van der Waals surface area contributed by atoms with Gasteiger partial charge >= 0.3 is 0 Å². The number of nitrogens with one attached hydrogen (secondary N) is 2. The second-order valence-corrected chi connectivity index (χ2v) is 16.9. The maximum atomic E-state index is 5.16. The Kier molecular flexibility index (Phi) is 7.45. The largest absolute Gasteiger partial charge is 0.350 e. The summed E-state index contributed by atoms with van der Waals surface area (Å²) in [6, 6.07) is 65.9. The molecule has 0 saturated carbocycles. The SMILES string of the molecule is c1ccc(C2=NC(c3ccccc3)NC(c3cccc4sc5c(-c6ccc7c(c6)sc6cc(-n8c9ccccc9c9ccccc98)ccc67)cccc5c34)N2)cc1. The van der Waals surface area contributed by atoms with Gasteiger partial charge in [0, 0.05) is 62.4 Å². The summed E-state index contributed by atoms with van der Waals surface area (Å²) in [7, 11) is 0. The van der Waals surface area contributed by atoms with Gasteiger partial charge in [-0.05, 0) is 58.7 Å². The molecule has 0 saturated heterocycles. The molecule has 11 aromatic rings. The van der Waals surface area contributed by atoms with Gasteiger partial charge in [-0.15, -0.1) is 22.7 Å². The zero-order chi connectivity index (χ0) is 37.5. The number of amidine groups is 1. The third-order valence-electron chi connectivity index (χ3n) is 11.5. The fourth-order valence-corrected chi connectivity index (χ4v) is 11.3. The van der Waals surface area contributed by atoms with Gasteiger partial charge in [0.25, 0.3) is 0 Å². The lowest BCUT2D eigenvalue weighted by atomic mass is 9.98. The van der Waals surface area contributed by atoms with E-state index in [-0.39, 0.29) is 12.3 Å². The Morgan fingerprint density at radius 2 is 1.16 bits per heavy atom. The zero-order valence-corrected chi connectivity index (χ0v) is 32.3. The molecule has 0 fully saturated rings. The topological polar surface area (TPSA) is 41.4 Å². The molecule has 270 valence electrons. The zero-order valence-electron chi connectivity index (χ0n) is 30.7. The van der Waals surface area contributed by atoms with Crippen LogP contribution in [0.4, 0.5) is 0 Å². The van der Waals surface area contributed by atoms with Gasteiger partial charge in [-0.3, -0.25) is 5.32 Å². The summed E-state index contributed by atoms with van der Waals surface area (Å²) in [5.74, 6) is 0.893. The number of hydrogen-bond donors (Lipinski definition) is 2. The Bertz CT molecular complexity index is 3320. The molecule has 2 N–H and O–H groups in total. The van der Waals surface area contributed by atoms with Gasteiger partial charge in [-0.2, -0.15) is 0 Å². The summed E-state index contributed by atoms with van der Waals surface area (Å²) in [6.45, 7) is 0. The average Bonchev–Trinajstić information content (AvgIpc) is 3.96. The number of nitrogens with zero attached hydrogens (tertiary/aromatic N) is 2. The fourth-order valence-electron chi connectivity index (χ4n) is 8.88. The number of fused-ring (bicyclic) bond motifs is 9. The Hall–Kier alpha value is -6.57. The number of aliphatic imine (C=N–C) groups is 1. The molecule has 0 spiro atoms. The first kappa shape index (κ1) is 32.7. The van der Waals surface area contributed by atoms with E-state index >= 15 is 0 Å². The third-order valence-corrected chi connectivity index (χ3v) is 13.8. The normalized spacial score (nSPS) is 15.9. The van der Waals surface area contributed by atoms with Crippen molar-refractivity contribution < 1.29 is 0 Å². The maximum absolute atomic E-state index is 5.16. The molecule has 12 rings (SSSR count). The number of hydrogen-bond acceptors (Lipinski definition) is 5. The van der Waals surface area contributed by atoms with Crippen molar-refractivity contribution in [3.8, 4) is 16.8 Å². The Morgan fingerprint density at radius 3 is 1.95 bits per heavy atom. The maximum Gasteiger partial charge on any atom is 0.131 e. The van der Waals surface area contributed by atoms with E-state index < -0.39 is 0 Å². The van der Waals surface area contributed by atoms with Crippen molar-refractivity contribution in [1.29, 1.82) is 0 Å². The number of rotatable bonds is 5. The molecule has 4 nitrogen and oxygen atoms in total. The van der Waals surface area contributed by atoms with Crippen LogP contribution < -0.4 is 10.6 Å². The van der Waals surface area contributed by atoms with Crippen molar-refractivity contribution in [3.05, 3.63) is 199 Å². The predicted octanol–water partition coefficient (Wildman–Crippen LogP) is 13.5. The van der Waals surface area contributed by atoms with Crippen molar-refractivity contribution >= 4 is 90.7 Å². The molecule has 0 aliphatic carbocycles. The van der Waals surface area contributed by atoms with Crippen LogP contribution in [0.2, 0.25) is 0 Å². The minimum atomic E-state index is -0.186. The summed E-state index contributed by atoms with van der Waals surface area (Å²) < 4.78 is 7.59. The van der Waals surface area contributed by atoms with E-state index in [1.165, 1.54) is 84.5 Å². The number of thiophene rings is 2. The first-order chi connectivity index (χ1) is 28.2. The van der Waals surface area contributed by atoms with Crippen LogP contribution in [-0.4, -0.2) is 10.4 Å². The molecular formula is C51H34N4S2. The van der Waals surface area contributed by atoms with Crippen LogP contribution in [-0.2, 0) is 0 Å². The highest BCUT2D eigenvalue weighted by atomic mass is 32.1.